The summed E-state index contributed by atoms with van der Waals surface area (Å²) in [6.07, 6.45) is 6.17. The Morgan fingerprint density at radius 2 is 1.94 bits per heavy atom. The smallest absolute Gasteiger partial charge is 0.178 e. The van der Waals surface area contributed by atoms with Gasteiger partial charge in [0.1, 0.15) is 5.69 Å². The maximum absolute atomic E-state index is 5.47. The van der Waals surface area contributed by atoms with E-state index in [2.05, 4.69) is 15.0 Å². The fourth-order valence-corrected chi connectivity index (χ4v) is 1.49. The van der Waals surface area contributed by atoms with E-state index < -0.39 is 0 Å². The van der Waals surface area contributed by atoms with Crippen LogP contribution in [-0.2, 0) is 6.42 Å². The van der Waals surface area contributed by atoms with Gasteiger partial charge >= 0.3 is 0 Å². The molecule has 0 aliphatic rings. The first kappa shape index (κ1) is 10.7. The lowest BCUT2D eigenvalue weighted by Crippen LogP contribution is -2.04. The topological polar surface area (TPSA) is 64.7 Å². The Morgan fingerprint density at radius 3 is 2.56 bits per heavy atom. The van der Waals surface area contributed by atoms with Crippen LogP contribution in [0, 0.1) is 6.92 Å². The molecule has 2 aromatic heterocycles. The summed E-state index contributed by atoms with van der Waals surface area (Å²) in [6.45, 7) is 2.62. The summed E-state index contributed by atoms with van der Waals surface area (Å²) < 4.78 is 0. The zero-order valence-corrected chi connectivity index (χ0v) is 9.22. The number of rotatable bonds is 3. The first-order chi connectivity index (χ1) is 7.81. The zero-order valence-electron chi connectivity index (χ0n) is 9.22. The fraction of sp³-hybridized carbons (Fsp3) is 0.250. The van der Waals surface area contributed by atoms with Gasteiger partial charge in [-0.3, -0.25) is 4.98 Å². The molecule has 0 amide bonds. The lowest BCUT2D eigenvalue weighted by molar-refractivity contribution is 0.941. The number of pyridine rings is 1. The lowest BCUT2D eigenvalue weighted by atomic mass is 10.2. The maximum atomic E-state index is 5.47. The van der Waals surface area contributed by atoms with Crippen molar-refractivity contribution in [1.82, 2.24) is 15.0 Å². The van der Waals surface area contributed by atoms with E-state index in [9.17, 15) is 0 Å². The second kappa shape index (κ2) is 4.81. The van der Waals surface area contributed by atoms with Crippen molar-refractivity contribution < 1.29 is 0 Å². The molecule has 0 unspecified atom stereocenters. The first-order valence-corrected chi connectivity index (χ1v) is 5.24. The number of nitrogens with two attached hydrogens (primary N) is 1. The van der Waals surface area contributed by atoms with Crippen LogP contribution in [0.15, 0.2) is 30.7 Å². The van der Waals surface area contributed by atoms with Crippen molar-refractivity contribution in [3.05, 3.63) is 41.9 Å². The van der Waals surface area contributed by atoms with Crippen molar-refractivity contribution in [3.8, 4) is 11.5 Å². The highest BCUT2D eigenvalue weighted by Gasteiger charge is 2.05. The molecule has 0 saturated heterocycles. The molecule has 16 heavy (non-hydrogen) atoms. The molecule has 0 aliphatic carbocycles. The third-order valence-electron chi connectivity index (χ3n) is 2.36. The summed E-state index contributed by atoms with van der Waals surface area (Å²) in [6, 6.07) is 3.90. The molecule has 0 radical (unpaired) electrons. The molecule has 0 bridgehead atoms. The highest BCUT2D eigenvalue weighted by atomic mass is 14.9. The number of nitrogens with zero attached hydrogens (tertiary/aromatic N) is 3. The fourth-order valence-electron chi connectivity index (χ4n) is 1.49. The average Bonchev–Trinajstić information content (AvgIpc) is 2.31. The van der Waals surface area contributed by atoms with Crippen LogP contribution in [-0.4, -0.2) is 21.5 Å². The van der Waals surface area contributed by atoms with Crippen molar-refractivity contribution in [2.75, 3.05) is 6.54 Å². The Kier molecular flexibility index (Phi) is 3.22. The summed E-state index contributed by atoms with van der Waals surface area (Å²) >= 11 is 0. The second-order valence-corrected chi connectivity index (χ2v) is 3.62. The van der Waals surface area contributed by atoms with Gasteiger partial charge in [0.15, 0.2) is 5.82 Å². The second-order valence-electron chi connectivity index (χ2n) is 3.62. The first-order valence-electron chi connectivity index (χ1n) is 5.24. The third-order valence-corrected chi connectivity index (χ3v) is 2.36. The largest absolute Gasteiger partial charge is 0.330 e. The third kappa shape index (κ3) is 2.23. The van der Waals surface area contributed by atoms with Crippen LogP contribution < -0.4 is 5.73 Å². The minimum Gasteiger partial charge on any atom is -0.330 e. The summed E-state index contributed by atoms with van der Waals surface area (Å²) in [5.74, 6) is 0.666. The van der Waals surface area contributed by atoms with Gasteiger partial charge in [-0.1, -0.05) is 6.07 Å². The van der Waals surface area contributed by atoms with Gasteiger partial charge in [0, 0.05) is 18.6 Å². The van der Waals surface area contributed by atoms with Gasteiger partial charge in [0.05, 0.1) is 0 Å². The van der Waals surface area contributed by atoms with Crippen molar-refractivity contribution >= 4 is 0 Å². The SMILES string of the molecule is Cc1cccnc1-c1ncc(CCN)cn1. The molecule has 0 atom stereocenters. The molecule has 0 saturated carbocycles. The number of aryl methyl sites for hydroxylation is 1. The molecule has 82 valence electrons. The molecule has 2 aromatic rings. The van der Waals surface area contributed by atoms with Crippen LogP contribution in [0.2, 0.25) is 0 Å². The summed E-state index contributed by atoms with van der Waals surface area (Å²) in [5, 5.41) is 0. The van der Waals surface area contributed by atoms with Crippen LogP contribution in [0.4, 0.5) is 0 Å². The minimum atomic E-state index is 0.616. The number of hydrogen-bond acceptors (Lipinski definition) is 4. The van der Waals surface area contributed by atoms with Crippen LogP contribution in [0.1, 0.15) is 11.1 Å². The minimum absolute atomic E-state index is 0.616. The van der Waals surface area contributed by atoms with Crippen LogP contribution in [0.5, 0.6) is 0 Å². The van der Waals surface area contributed by atoms with Crippen LogP contribution in [0.3, 0.4) is 0 Å². The Balaban J connectivity index is 2.31. The molecule has 0 spiro atoms. The van der Waals surface area contributed by atoms with Crippen molar-refractivity contribution in [1.29, 1.82) is 0 Å². The predicted molar refractivity (Wildman–Crippen MR) is 62.8 cm³/mol. The quantitative estimate of drug-likeness (QED) is 0.837. The Morgan fingerprint density at radius 1 is 1.19 bits per heavy atom. The van der Waals surface area contributed by atoms with Crippen molar-refractivity contribution in [2.45, 2.75) is 13.3 Å². The summed E-state index contributed by atoms with van der Waals surface area (Å²) in [7, 11) is 0. The van der Waals surface area contributed by atoms with E-state index in [1.54, 1.807) is 6.20 Å². The normalized spacial score (nSPS) is 10.4. The molecule has 0 aliphatic heterocycles. The van der Waals surface area contributed by atoms with E-state index in [1.807, 2.05) is 31.5 Å². The van der Waals surface area contributed by atoms with E-state index in [0.717, 1.165) is 23.2 Å². The van der Waals surface area contributed by atoms with Gasteiger partial charge in [0.2, 0.25) is 0 Å². The van der Waals surface area contributed by atoms with Gasteiger partial charge in [-0.25, -0.2) is 9.97 Å². The summed E-state index contributed by atoms with van der Waals surface area (Å²) in [5.41, 5.74) is 8.43. The van der Waals surface area contributed by atoms with E-state index >= 15 is 0 Å². The average molecular weight is 214 g/mol. The Labute approximate surface area is 94.6 Å². The molecule has 2 N–H and O–H groups in total. The highest BCUT2D eigenvalue weighted by molar-refractivity contribution is 5.53. The molecule has 0 aromatic carbocycles. The van der Waals surface area contributed by atoms with E-state index in [4.69, 9.17) is 5.73 Å². The Bertz CT molecular complexity index is 465. The zero-order chi connectivity index (χ0) is 11.4. The van der Waals surface area contributed by atoms with Gasteiger partial charge < -0.3 is 5.73 Å². The van der Waals surface area contributed by atoms with E-state index in [1.165, 1.54) is 0 Å². The molecule has 2 rings (SSSR count). The number of aromatic nitrogens is 3. The molecule has 2 heterocycles. The van der Waals surface area contributed by atoms with Crippen LogP contribution in [0.25, 0.3) is 11.5 Å². The maximum Gasteiger partial charge on any atom is 0.178 e. The molecular formula is C12H14N4. The highest BCUT2D eigenvalue weighted by Crippen LogP contribution is 2.15. The van der Waals surface area contributed by atoms with Gasteiger partial charge in [-0.2, -0.15) is 0 Å². The van der Waals surface area contributed by atoms with Crippen molar-refractivity contribution in [3.63, 3.8) is 0 Å². The molecule has 4 nitrogen and oxygen atoms in total. The van der Waals surface area contributed by atoms with Gasteiger partial charge in [-0.05, 0) is 37.1 Å². The van der Waals surface area contributed by atoms with Crippen molar-refractivity contribution in [2.24, 2.45) is 5.73 Å². The standard InChI is InChI=1S/C12H14N4/c1-9-3-2-6-14-11(9)12-15-7-10(4-5-13)8-16-12/h2-3,6-8H,4-5,13H2,1H3. The lowest BCUT2D eigenvalue weighted by Gasteiger charge is -2.03. The molecule has 0 fully saturated rings. The monoisotopic (exact) mass is 214 g/mol. The van der Waals surface area contributed by atoms with E-state index in [0.29, 0.717) is 12.4 Å². The predicted octanol–water partition coefficient (Wildman–Crippen LogP) is 1.35. The van der Waals surface area contributed by atoms with E-state index in [-0.39, 0.29) is 0 Å². The Hall–Kier alpha value is -1.81. The van der Waals surface area contributed by atoms with Gasteiger partial charge in [0.25, 0.3) is 0 Å². The summed E-state index contributed by atoms with van der Waals surface area (Å²) in [4.78, 5) is 12.9. The van der Waals surface area contributed by atoms with Gasteiger partial charge in [-0.15, -0.1) is 0 Å². The number of hydrogen-bond donors (Lipinski definition) is 1. The molecular weight excluding hydrogens is 200 g/mol. The molecule has 4 heteroatoms. The van der Waals surface area contributed by atoms with Crippen LogP contribution >= 0.6 is 0 Å².